The van der Waals surface area contributed by atoms with Gasteiger partial charge in [-0.05, 0) is 61.6 Å². The molecule has 0 saturated carbocycles. The zero-order valence-electron chi connectivity index (χ0n) is 17.3. The van der Waals surface area contributed by atoms with E-state index in [0.717, 1.165) is 11.4 Å². The summed E-state index contributed by atoms with van der Waals surface area (Å²) >= 11 is 5.58. The topological polar surface area (TPSA) is 96.7 Å². The van der Waals surface area contributed by atoms with Gasteiger partial charge in [-0.2, -0.15) is 0 Å². The van der Waals surface area contributed by atoms with Gasteiger partial charge in [0.1, 0.15) is 6.54 Å². The van der Waals surface area contributed by atoms with Crippen molar-refractivity contribution < 1.29 is 19.4 Å². The first-order valence-corrected chi connectivity index (χ1v) is 10.5. The number of ether oxygens (including phenoxy) is 1. The minimum absolute atomic E-state index is 0.0198. The van der Waals surface area contributed by atoms with Crippen molar-refractivity contribution >= 4 is 29.3 Å². The van der Waals surface area contributed by atoms with E-state index in [0.29, 0.717) is 10.8 Å². The fraction of sp³-hybridized carbons (Fsp3) is 0.217. The first-order valence-electron chi connectivity index (χ1n) is 10.1. The van der Waals surface area contributed by atoms with Gasteiger partial charge in [0.15, 0.2) is 5.11 Å². The van der Waals surface area contributed by atoms with E-state index in [2.05, 4.69) is 10.3 Å². The second-order valence-corrected chi connectivity index (χ2v) is 7.60. The van der Waals surface area contributed by atoms with Crippen molar-refractivity contribution in [2.24, 2.45) is 0 Å². The number of benzene rings is 1. The molecule has 1 aliphatic heterocycles. The van der Waals surface area contributed by atoms with Crippen molar-refractivity contribution in [2.75, 3.05) is 13.2 Å². The predicted octanol–water partition coefficient (Wildman–Crippen LogP) is 3.11. The minimum atomic E-state index is -1.00. The number of carbonyl (C=O) groups excluding carboxylic acids is 1. The first kappa shape index (κ1) is 21.5. The molecule has 0 amide bonds. The summed E-state index contributed by atoms with van der Waals surface area (Å²) in [6, 6.07) is 15.5. The number of rotatable bonds is 7. The number of nitrogens with zero attached hydrogens (tertiary/aromatic N) is 3. The highest BCUT2D eigenvalue weighted by molar-refractivity contribution is 7.80. The Morgan fingerprint density at radius 2 is 2.03 bits per heavy atom. The summed E-state index contributed by atoms with van der Waals surface area (Å²) in [6.45, 7) is 2.01. The normalized spacial score (nSPS) is 17.8. The molecule has 0 aliphatic carbocycles. The Labute approximate surface area is 190 Å². The van der Waals surface area contributed by atoms with Crippen molar-refractivity contribution in [3.05, 3.63) is 83.9 Å². The Morgan fingerprint density at radius 3 is 2.75 bits per heavy atom. The van der Waals surface area contributed by atoms with Gasteiger partial charge < -0.3 is 24.6 Å². The van der Waals surface area contributed by atoms with Crippen LogP contribution in [0, 0.1) is 0 Å². The molecule has 3 aromatic rings. The standard InChI is InChI=1S/C23H22N4O4S/c1-2-31-19(28)14-27-21(20(25-23(27)32)17-9-3-4-11-24-17)18-10-6-12-26(18)16-8-5-7-15(13-16)22(29)30/h3-13,20-21H,2,14H2,1H3,(H,25,32)(H,29,30)/t20-,21-/m1/s1. The van der Waals surface area contributed by atoms with Crippen LogP contribution in [0.3, 0.4) is 0 Å². The number of carbonyl (C=O) groups is 2. The van der Waals surface area contributed by atoms with E-state index < -0.39 is 5.97 Å². The lowest BCUT2D eigenvalue weighted by Crippen LogP contribution is -2.36. The maximum atomic E-state index is 12.3. The van der Waals surface area contributed by atoms with Crippen LogP contribution in [0.15, 0.2) is 67.0 Å². The van der Waals surface area contributed by atoms with Gasteiger partial charge in [-0.1, -0.05) is 12.1 Å². The molecule has 9 heteroatoms. The Morgan fingerprint density at radius 1 is 1.19 bits per heavy atom. The Bertz CT molecular complexity index is 1150. The summed E-state index contributed by atoms with van der Waals surface area (Å²) in [7, 11) is 0. The molecule has 1 fully saturated rings. The van der Waals surface area contributed by atoms with Crippen LogP contribution in [0.5, 0.6) is 0 Å². The lowest BCUT2D eigenvalue weighted by molar-refractivity contribution is -0.143. The number of carboxylic acid groups (broad SMARTS) is 1. The number of hydrogen-bond acceptors (Lipinski definition) is 5. The molecule has 1 saturated heterocycles. The maximum absolute atomic E-state index is 12.3. The van der Waals surface area contributed by atoms with Gasteiger partial charge in [0.25, 0.3) is 0 Å². The number of thiocarbonyl (C=S) groups is 1. The molecule has 3 heterocycles. The molecule has 2 aromatic heterocycles. The quantitative estimate of drug-likeness (QED) is 0.419. The van der Waals surface area contributed by atoms with Gasteiger partial charge in [0.2, 0.25) is 0 Å². The average molecular weight is 451 g/mol. The van der Waals surface area contributed by atoms with Crippen LogP contribution in [0.25, 0.3) is 5.69 Å². The van der Waals surface area contributed by atoms with Gasteiger partial charge in [-0.25, -0.2) is 4.79 Å². The van der Waals surface area contributed by atoms with E-state index in [9.17, 15) is 14.7 Å². The molecule has 32 heavy (non-hydrogen) atoms. The van der Waals surface area contributed by atoms with E-state index in [-0.39, 0.29) is 36.8 Å². The number of esters is 1. The summed E-state index contributed by atoms with van der Waals surface area (Å²) in [5.74, 6) is -1.38. The molecule has 0 radical (unpaired) electrons. The van der Waals surface area contributed by atoms with E-state index in [4.69, 9.17) is 17.0 Å². The van der Waals surface area contributed by atoms with Gasteiger partial charge in [0.05, 0.1) is 29.9 Å². The smallest absolute Gasteiger partial charge is 0.335 e. The van der Waals surface area contributed by atoms with Crippen molar-refractivity contribution in [1.82, 2.24) is 19.8 Å². The van der Waals surface area contributed by atoms with Gasteiger partial charge in [-0.3, -0.25) is 9.78 Å². The molecule has 0 unspecified atom stereocenters. The van der Waals surface area contributed by atoms with E-state index in [1.807, 2.05) is 47.2 Å². The third-order valence-electron chi connectivity index (χ3n) is 5.26. The van der Waals surface area contributed by atoms with Crippen LogP contribution < -0.4 is 5.32 Å². The summed E-state index contributed by atoms with van der Waals surface area (Å²) in [6.07, 6.45) is 3.57. The van der Waals surface area contributed by atoms with E-state index in [1.165, 1.54) is 0 Å². The summed E-state index contributed by atoms with van der Waals surface area (Å²) in [5.41, 5.74) is 2.49. The van der Waals surface area contributed by atoms with Crippen LogP contribution in [-0.2, 0) is 9.53 Å². The largest absolute Gasteiger partial charge is 0.478 e. The van der Waals surface area contributed by atoms with Gasteiger partial charge in [-0.15, -0.1) is 0 Å². The number of aromatic nitrogens is 2. The van der Waals surface area contributed by atoms with Crippen molar-refractivity contribution in [1.29, 1.82) is 0 Å². The van der Waals surface area contributed by atoms with Crippen LogP contribution in [0.1, 0.15) is 40.8 Å². The monoisotopic (exact) mass is 450 g/mol. The van der Waals surface area contributed by atoms with E-state index in [1.54, 1.807) is 36.2 Å². The van der Waals surface area contributed by atoms with Crippen molar-refractivity contribution in [3.8, 4) is 5.69 Å². The molecule has 0 bridgehead atoms. The number of hydrogen-bond donors (Lipinski definition) is 2. The highest BCUT2D eigenvalue weighted by Crippen LogP contribution is 2.39. The first-order chi connectivity index (χ1) is 15.5. The fourth-order valence-electron chi connectivity index (χ4n) is 3.90. The van der Waals surface area contributed by atoms with E-state index >= 15 is 0 Å². The molecule has 2 atom stereocenters. The van der Waals surface area contributed by atoms with Crippen LogP contribution in [0.2, 0.25) is 0 Å². The molecule has 8 nitrogen and oxygen atoms in total. The minimum Gasteiger partial charge on any atom is -0.478 e. The fourth-order valence-corrected chi connectivity index (χ4v) is 4.21. The zero-order chi connectivity index (χ0) is 22.7. The van der Waals surface area contributed by atoms with Crippen LogP contribution in [-0.4, -0.2) is 49.8 Å². The summed E-state index contributed by atoms with van der Waals surface area (Å²) in [4.78, 5) is 30.1. The number of pyridine rings is 1. The SMILES string of the molecule is CCOC(=O)CN1C(=S)N[C@H](c2ccccn2)[C@H]1c1cccn1-c1cccc(C(=O)O)c1. The van der Waals surface area contributed by atoms with Crippen LogP contribution >= 0.6 is 12.2 Å². The highest BCUT2D eigenvalue weighted by atomic mass is 32.1. The molecule has 1 aromatic carbocycles. The lowest BCUT2D eigenvalue weighted by Gasteiger charge is -2.28. The van der Waals surface area contributed by atoms with Crippen molar-refractivity contribution in [2.45, 2.75) is 19.0 Å². The second kappa shape index (κ2) is 9.19. The van der Waals surface area contributed by atoms with Gasteiger partial charge in [0, 0.05) is 23.8 Å². The molecular formula is C23H22N4O4S. The Balaban J connectivity index is 1.79. The number of aromatic carboxylic acids is 1. The zero-order valence-corrected chi connectivity index (χ0v) is 18.2. The number of nitrogens with one attached hydrogen (secondary N) is 1. The molecule has 164 valence electrons. The predicted molar refractivity (Wildman–Crippen MR) is 122 cm³/mol. The average Bonchev–Trinajstić information content (AvgIpc) is 3.39. The van der Waals surface area contributed by atoms with Crippen LogP contribution in [0.4, 0.5) is 0 Å². The third-order valence-corrected chi connectivity index (χ3v) is 5.61. The second-order valence-electron chi connectivity index (χ2n) is 7.22. The summed E-state index contributed by atoms with van der Waals surface area (Å²) in [5, 5.41) is 13.1. The third kappa shape index (κ3) is 4.19. The molecule has 2 N–H and O–H groups in total. The highest BCUT2D eigenvalue weighted by Gasteiger charge is 2.42. The molecular weight excluding hydrogens is 428 g/mol. The molecule has 0 spiro atoms. The van der Waals surface area contributed by atoms with Crippen molar-refractivity contribution in [3.63, 3.8) is 0 Å². The van der Waals surface area contributed by atoms with Gasteiger partial charge >= 0.3 is 11.9 Å². The molecule has 4 rings (SSSR count). The Kier molecular flexibility index (Phi) is 6.18. The summed E-state index contributed by atoms with van der Waals surface area (Å²) < 4.78 is 7.06. The number of carboxylic acids is 1. The molecule has 1 aliphatic rings. The maximum Gasteiger partial charge on any atom is 0.335 e. The lowest BCUT2D eigenvalue weighted by atomic mass is 10.0. The Hall–Kier alpha value is -3.72.